The fraction of sp³-hybridized carbons (Fsp3) is 0.328. The summed E-state index contributed by atoms with van der Waals surface area (Å²) in [6.07, 6.45) is 36.7. The standard InChI is InChI=1S/C125H131NO/c1-10-14-18-22-26-34-72-124(73-35-27-23-19-15-11-2)112-46-32-30-44-102(112)108-68-56-98(84-118(108)124)96-54-66-106-104-64-52-94(80-114(104)122(5,6)116(106)82-96)91-43-39-42-90(77-91)89-41-38-40-88(76-89)86-48-60-100(61-49-86)126(9)101-62-50-87(51-63-101)92-58-70-120-110(78-92)111-79-93(59-71-121(111)127-120)95-53-65-105-107-67-55-97(83-117(107)123(7,8)115(105)81-95)99-57-69-109-103-45-31-33-47-113(103)125(119(109)85-99,74-36-28-24-20-16-12-3)75-37-29-25-21-17-13-4/h30-33,38-71,76-85H,10-29,34-37,72-75H2,1-9H3. The van der Waals surface area contributed by atoms with Crippen molar-refractivity contribution in [2.75, 3.05) is 11.9 Å². The lowest BCUT2D eigenvalue weighted by Gasteiger charge is -2.33. The van der Waals surface area contributed by atoms with Gasteiger partial charge in [0.15, 0.2) is 0 Å². The second-order valence-corrected chi connectivity index (χ2v) is 39.5. The molecule has 0 spiro atoms. The van der Waals surface area contributed by atoms with Crippen LogP contribution in [0.5, 0.6) is 0 Å². The normalized spacial score (nSPS) is 14.2. The van der Waals surface area contributed by atoms with Gasteiger partial charge in [-0.05, 0) is 290 Å². The van der Waals surface area contributed by atoms with Gasteiger partial charge in [-0.1, -0.05) is 404 Å². The van der Waals surface area contributed by atoms with Crippen LogP contribution in [0.1, 0.15) is 280 Å². The van der Waals surface area contributed by atoms with Gasteiger partial charge in [0.2, 0.25) is 0 Å². The minimum Gasteiger partial charge on any atom is -0.456 e. The molecule has 15 aromatic rings. The fourth-order valence-electron chi connectivity index (χ4n) is 23.4. The highest BCUT2D eigenvalue weighted by molar-refractivity contribution is 6.08. The van der Waals surface area contributed by atoms with Gasteiger partial charge >= 0.3 is 0 Å². The van der Waals surface area contributed by atoms with Crippen LogP contribution in [-0.4, -0.2) is 7.05 Å². The lowest BCUT2D eigenvalue weighted by Crippen LogP contribution is -2.25. The highest BCUT2D eigenvalue weighted by Crippen LogP contribution is 2.60. The van der Waals surface area contributed by atoms with E-state index in [0.29, 0.717) is 0 Å². The number of hydrogen-bond acceptors (Lipinski definition) is 2. The van der Waals surface area contributed by atoms with Crippen LogP contribution in [0.3, 0.4) is 0 Å². The van der Waals surface area contributed by atoms with Gasteiger partial charge in [-0.2, -0.15) is 0 Å². The lowest BCUT2D eigenvalue weighted by molar-refractivity contribution is 0.398. The number of rotatable bonds is 37. The minimum atomic E-state index is -0.189. The van der Waals surface area contributed by atoms with Crippen LogP contribution in [0.2, 0.25) is 0 Å². The molecule has 1 aromatic heterocycles. The van der Waals surface area contributed by atoms with E-state index in [1.807, 2.05) is 0 Å². The molecule has 4 aliphatic rings. The van der Waals surface area contributed by atoms with E-state index in [9.17, 15) is 0 Å². The molecule has 2 nitrogen and oxygen atoms in total. The van der Waals surface area contributed by atoms with Crippen molar-refractivity contribution in [3.8, 4) is 122 Å². The van der Waals surface area contributed by atoms with Crippen LogP contribution < -0.4 is 4.90 Å². The summed E-state index contributed by atoms with van der Waals surface area (Å²) >= 11 is 0. The summed E-state index contributed by atoms with van der Waals surface area (Å²) in [5.41, 5.74) is 44.4. The second kappa shape index (κ2) is 36.8. The maximum absolute atomic E-state index is 6.60. The Morgan fingerprint density at radius 3 is 0.764 bits per heavy atom. The molecule has 0 radical (unpaired) electrons. The molecule has 0 saturated heterocycles. The first-order chi connectivity index (χ1) is 62.2. The molecule has 19 rings (SSSR count). The molecule has 0 saturated carbocycles. The Morgan fingerprint density at radius 2 is 0.441 bits per heavy atom. The van der Waals surface area contributed by atoms with E-state index in [-0.39, 0.29) is 21.7 Å². The molecule has 0 aliphatic heterocycles. The number of unbranched alkanes of at least 4 members (excludes halogenated alkanes) is 20. The van der Waals surface area contributed by atoms with Gasteiger partial charge in [0.05, 0.1) is 0 Å². The second-order valence-electron chi connectivity index (χ2n) is 39.5. The number of fused-ring (bicyclic) bond motifs is 15. The van der Waals surface area contributed by atoms with Crippen LogP contribution in [0.4, 0.5) is 11.4 Å². The number of anilines is 2. The maximum atomic E-state index is 6.60. The van der Waals surface area contributed by atoms with Crippen LogP contribution >= 0.6 is 0 Å². The molecular weight excluding hydrogens is 1530 g/mol. The summed E-state index contributed by atoms with van der Waals surface area (Å²) < 4.78 is 6.60. The van der Waals surface area contributed by atoms with Crippen molar-refractivity contribution < 1.29 is 4.42 Å². The van der Waals surface area contributed by atoms with Gasteiger partial charge in [0, 0.05) is 50.9 Å². The molecule has 14 aromatic carbocycles. The Balaban J connectivity index is 0.518. The average Bonchev–Trinajstić information content (AvgIpc) is 1.17. The molecule has 642 valence electrons. The Labute approximate surface area is 759 Å². The van der Waals surface area contributed by atoms with Crippen LogP contribution in [-0.2, 0) is 21.7 Å². The molecular formula is C125H131NO. The Bertz CT molecular complexity index is 6460. The molecule has 0 unspecified atom stereocenters. The molecule has 0 atom stereocenters. The summed E-state index contributed by atoms with van der Waals surface area (Å²) in [6.45, 7) is 19.1. The third kappa shape index (κ3) is 16.3. The van der Waals surface area contributed by atoms with E-state index < -0.39 is 0 Å². The molecule has 0 bridgehead atoms. The number of hydrogen-bond donors (Lipinski definition) is 0. The maximum Gasteiger partial charge on any atom is 0.135 e. The summed E-state index contributed by atoms with van der Waals surface area (Å²) in [5.74, 6) is 0. The van der Waals surface area contributed by atoms with Crippen molar-refractivity contribution in [3.05, 3.63) is 336 Å². The van der Waals surface area contributed by atoms with E-state index >= 15 is 0 Å². The first-order valence-electron chi connectivity index (χ1n) is 49.4. The molecule has 0 fully saturated rings. The quantitative estimate of drug-likeness (QED) is 0.0361. The zero-order chi connectivity index (χ0) is 86.8. The van der Waals surface area contributed by atoms with E-state index in [2.05, 4.69) is 359 Å². The van der Waals surface area contributed by atoms with E-state index in [1.165, 1.54) is 324 Å². The fourth-order valence-corrected chi connectivity index (χ4v) is 23.4. The lowest BCUT2D eigenvalue weighted by atomic mass is 9.70. The predicted molar refractivity (Wildman–Crippen MR) is 546 cm³/mol. The average molecular weight is 1660 g/mol. The smallest absolute Gasteiger partial charge is 0.135 e. The molecule has 1 heterocycles. The minimum absolute atomic E-state index is 0.0497. The number of furan rings is 1. The topological polar surface area (TPSA) is 16.4 Å². The monoisotopic (exact) mass is 1660 g/mol. The molecule has 4 aliphatic carbocycles. The SMILES string of the molecule is CCCCCCCCC1(CCCCCCCC)c2ccccc2-c2ccc(-c3ccc4c(c3)C(C)(C)c3cc(-c5cccc(-c6cccc(-c7ccc(N(C)c8ccc(-c9ccc%10oc%11ccc(-c%12ccc%13c(c%12)C(C)(C)c%12cc(-c%14ccc%15c(c%14)C(CCCCCCCC)(CCCCCCCC)c%14ccccc%14-%15)ccc%12-%13)cc%11c%10c9)cc8)cc7)c6)c5)ccc3-4)cc21. The largest absolute Gasteiger partial charge is 0.456 e. The van der Waals surface area contributed by atoms with Gasteiger partial charge in [-0.3, -0.25) is 0 Å². The summed E-state index contributed by atoms with van der Waals surface area (Å²) in [6, 6.07) is 113. The Morgan fingerprint density at radius 1 is 0.205 bits per heavy atom. The Kier molecular flexibility index (Phi) is 24.7. The van der Waals surface area contributed by atoms with Crippen molar-refractivity contribution in [1.29, 1.82) is 0 Å². The molecule has 127 heavy (non-hydrogen) atoms. The highest BCUT2D eigenvalue weighted by atomic mass is 16.3. The van der Waals surface area contributed by atoms with Crippen LogP contribution in [0, 0.1) is 0 Å². The van der Waals surface area contributed by atoms with Crippen LogP contribution in [0.15, 0.2) is 296 Å². The van der Waals surface area contributed by atoms with Gasteiger partial charge in [0.1, 0.15) is 11.2 Å². The third-order valence-electron chi connectivity index (χ3n) is 30.8. The van der Waals surface area contributed by atoms with Crippen molar-refractivity contribution in [2.24, 2.45) is 0 Å². The molecule has 0 amide bonds. The van der Waals surface area contributed by atoms with E-state index in [1.54, 1.807) is 22.3 Å². The Hall–Kier alpha value is -11.3. The number of nitrogens with zero attached hydrogens (tertiary/aromatic N) is 1. The zero-order valence-corrected chi connectivity index (χ0v) is 77.4. The predicted octanol–water partition coefficient (Wildman–Crippen LogP) is 37.2. The van der Waals surface area contributed by atoms with Crippen LogP contribution in [0.25, 0.3) is 144 Å². The molecule has 0 N–H and O–H groups in total. The first-order valence-corrected chi connectivity index (χ1v) is 49.4. The number of benzene rings is 14. The van der Waals surface area contributed by atoms with E-state index in [0.717, 1.165) is 33.3 Å². The van der Waals surface area contributed by atoms with Crippen molar-refractivity contribution in [1.82, 2.24) is 0 Å². The summed E-state index contributed by atoms with van der Waals surface area (Å²) in [7, 11) is 2.17. The van der Waals surface area contributed by atoms with Crippen molar-refractivity contribution >= 4 is 33.3 Å². The summed E-state index contributed by atoms with van der Waals surface area (Å²) in [5, 5.41) is 2.26. The van der Waals surface area contributed by atoms with Gasteiger partial charge in [-0.15, -0.1) is 0 Å². The van der Waals surface area contributed by atoms with Gasteiger partial charge in [-0.25, -0.2) is 0 Å². The zero-order valence-electron chi connectivity index (χ0n) is 77.4. The van der Waals surface area contributed by atoms with Gasteiger partial charge in [0.25, 0.3) is 0 Å². The van der Waals surface area contributed by atoms with Crippen molar-refractivity contribution in [3.63, 3.8) is 0 Å². The van der Waals surface area contributed by atoms with E-state index in [4.69, 9.17) is 4.42 Å². The van der Waals surface area contributed by atoms with Gasteiger partial charge < -0.3 is 9.32 Å². The third-order valence-corrected chi connectivity index (χ3v) is 30.8. The summed E-state index contributed by atoms with van der Waals surface area (Å²) in [4.78, 5) is 2.28. The van der Waals surface area contributed by atoms with Crippen molar-refractivity contribution in [2.45, 2.75) is 257 Å². The highest BCUT2D eigenvalue weighted by Gasteiger charge is 2.45. The molecule has 2 heteroatoms. The first kappa shape index (κ1) is 85.1.